The predicted molar refractivity (Wildman–Crippen MR) is 64.3 cm³/mol. The standard InChI is InChI=1S/C13H21N3O/c1-2-3-10(14)13-15-12(16-17-13)11(8-4-5-8)9-6-7-9/h8-11H,2-7,14H2,1H3/t10-/m0/s1. The minimum absolute atomic E-state index is 0.0830. The fraction of sp³-hybridized carbons (Fsp3) is 0.846. The van der Waals surface area contributed by atoms with E-state index in [0.717, 1.165) is 30.5 Å². The number of nitrogens with zero attached hydrogens (tertiary/aromatic N) is 2. The van der Waals surface area contributed by atoms with Gasteiger partial charge in [0.15, 0.2) is 5.82 Å². The van der Waals surface area contributed by atoms with Crippen LogP contribution in [0.5, 0.6) is 0 Å². The Morgan fingerprint density at radius 3 is 2.47 bits per heavy atom. The van der Waals surface area contributed by atoms with Crippen LogP contribution in [0.25, 0.3) is 0 Å². The van der Waals surface area contributed by atoms with Gasteiger partial charge in [0.05, 0.1) is 6.04 Å². The van der Waals surface area contributed by atoms with E-state index in [9.17, 15) is 0 Å². The molecule has 1 aromatic heterocycles. The largest absolute Gasteiger partial charge is 0.338 e. The molecular formula is C13H21N3O. The molecule has 0 aromatic carbocycles. The highest BCUT2D eigenvalue weighted by Gasteiger charge is 2.44. The van der Waals surface area contributed by atoms with Crippen LogP contribution in [0.2, 0.25) is 0 Å². The lowest BCUT2D eigenvalue weighted by atomic mass is 9.97. The van der Waals surface area contributed by atoms with Crippen molar-refractivity contribution >= 4 is 0 Å². The van der Waals surface area contributed by atoms with Crippen molar-refractivity contribution in [1.29, 1.82) is 0 Å². The number of rotatable bonds is 6. The van der Waals surface area contributed by atoms with Crippen molar-refractivity contribution in [2.24, 2.45) is 17.6 Å². The zero-order chi connectivity index (χ0) is 11.8. The van der Waals surface area contributed by atoms with E-state index in [1.807, 2.05) is 0 Å². The number of hydrogen-bond acceptors (Lipinski definition) is 4. The Hall–Kier alpha value is -0.900. The molecule has 0 amide bonds. The highest BCUT2D eigenvalue weighted by atomic mass is 16.5. The van der Waals surface area contributed by atoms with Crippen LogP contribution in [0.15, 0.2) is 4.52 Å². The molecular weight excluding hydrogens is 214 g/mol. The molecule has 2 N–H and O–H groups in total. The van der Waals surface area contributed by atoms with E-state index < -0.39 is 0 Å². The molecule has 0 radical (unpaired) electrons. The third-order valence-electron chi connectivity index (χ3n) is 3.93. The van der Waals surface area contributed by atoms with Crippen LogP contribution in [0.4, 0.5) is 0 Å². The molecule has 2 aliphatic carbocycles. The molecule has 0 bridgehead atoms. The summed E-state index contributed by atoms with van der Waals surface area (Å²) in [5.74, 6) is 3.75. The molecule has 4 heteroatoms. The van der Waals surface area contributed by atoms with E-state index in [1.165, 1.54) is 25.7 Å². The quantitative estimate of drug-likeness (QED) is 0.823. The van der Waals surface area contributed by atoms with Gasteiger partial charge in [0.1, 0.15) is 0 Å². The van der Waals surface area contributed by atoms with Gasteiger partial charge in [0, 0.05) is 5.92 Å². The lowest BCUT2D eigenvalue weighted by Gasteiger charge is -2.09. The second-order valence-electron chi connectivity index (χ2n) is 5.59. The molecule has 2 fully saturated rings. The lowest BCUT2D eigenvalue weighted by molar-refractivity contribution is 0.338. The molecule has 2 aliphatic rings. The van der Waals surface area contributed by atoms with Crippen molar-refractivity contribution < 1.29 is 4.52 Å². The van der Waals surface area contributed by atoms with Crippen molar-refractivity contribution in [3.63, 3.8) is 0 Å². The first-order chi connectivity index (χ1) is 8.29. The highest BCUT2D eigenvalue weighted by molar-refractivity contribution is 5.09. The van der Waals surface area contributed by atoms with Gasteiger partial charge in [0.25, 0.3) is 0 Å². The molecule has 1 atom stereocenters. The summed E-state index contributed by atoms with van der Waals surface area (Å²) in [5, 5.41) is 4.18. The van der Waals surface area contributed by atoms with Crippen molar-refractivity contribution in [1.82, 2.24) is 10.1 Å². The van der Waals surface area contributed by atoms with Crippen LogP contribution >= 0.6 is 0 Å². The van der Waals surface area contributed by atoms with E-state index >= 15 is 0 Å². The fourth-order valence-electron chi connectivity index (χ4n) is 2.68. The van der Waals surface area contributed by atoms with Gasteiger partial charge in [-0.2, -0.15) is 4.98 Å². The molecule has 0 aliphatic heterocycles. The van der Waals surface area contributed by atoms with E-state index in [-0.39, 0.29) is 6.04 Å². The normalized spacial score (nSPS) is 22.1. The van der Waals surface area contributed by atoms with Crippen LogP contribution in [0, 0.1) is 11.8 Å². The Labute approximate surface area is 102 Å². The van der Waals surface area contributed by atoms with Crippen LogP contribution < -0.4 is 5.73 Å². The summed E-state index contributed by atoms with van der Waals surface area (Å²) >= 11 is 0. The summed E-state index contributed by atoms with van der Waals surface area (Å²) in [4.78, 5) is 4.55. The van der Waals surface area contributed by atoms with E-state index in [4.69, 9.17) is 10.3 Å². The Morgan fingerprint density at radius 1 is 1.29 bits per heavy atom. The molecule has 0 unspecified atom stereocenters. The van der Waals surface area contributed by atoms with E-state index in [2.05, 4.69) is 17.1 Å². The molecule has 1 aromatic rings. The second kappa shape index (κ2) is 4.41. The van der Waals surface area contributed by atoms with E-state index in [0.29, 0.717) is 11.8 Å². The third kappa shape index (κ3) is 2.37. The maximum Gasteiger partial charge on any atom is 0.243 e. The molecule has 3 rings (SSSR count). The van der Waals surface area contributed by atoms with Crippen LogP contribution in [-0.4, -0.2) is 10.1 Å². The zero-order valence-electron chi connectivity index (χ0n) is 10.4. The minimum Gasteiger partial charge on any atom is -0.338 e. The van der Waals surface area contributed by atoms with Gasteiger partial charge in [-0.05, 0) is 43.9 Å². The van der Waals surface area contributed by atoms with Crippen LogP contribution in [0.3, 0.4) is 0 Å². The summed E-state index contributed by atoms with van der Waals surface area (Å²) in [5.41, 5.74) is 6.01. The smallest absolute Gasteiger partial charge is 0.243 e. The third-order valence-corrected chi connectivity index (χ3v) is 3.93. The summed E-state index contributed by atoms with van der Waals surface area (Å²) < 4.78 is 5.33. The van der Waals surface area contributed by atoms with Gasteiger partial charge in [-0.25, -0.2) is 0 Å². The summed E-state index contributed by atoms with van der Waals surface area (Å²) in [6.45, 7) is 2.12. The van der Waals surface area contributed by atoms with Gasteiger partial charge in [-0.15, -0.1) is 0 Å². The Kier molecular flexibility index (Phi) is 2.90. The molecule has 17 heavy (non-hydrogen) atoms. The van der Waals surface area contributed by atoms with Gasteiger partial charge in [-0.3, -0.25) is 0 Å². The van der Waals surface area contributed by atoms with Crippen molar-refractivity contribution in [3.05, 3.63) is 11.7 Å². The first-order valence-corrected chi connectivity index (χ1v) is 6.88. The minimum atomic E-state index is -0.0830. The lowest BCUT2D eigenvalue weighted by Crippen LogP contribution is -2.11. The Bertz CT molecular complexity index is 370. The second-order valence-corrected chi connectivity index (χ2v) is 5.59. The number of aromatic nitrogens is 2. The Balaban J connectivity index is 1.73. The highest BCUT2D eigenvalue weighted by Crippen LogP contribution is 2.53. The summed E-state index contributed by atoms with van der Waals surface area (Å²) in [6.07, 6.45) is 7.32. The topological polar surface area (TPSA) is 64.9 Å². The van der Waals surface area contributed by atoms with Gasteiger partial charge in [0.2, 0.25) is 5.89 Å². The van der Waals surface area contributed by atoms with Gasteiger partial charge in [-0.1, -0.05) is 18.5 Å². The zero-order valence-corrected chi connectivity index (χ0v) is 10.4. The fourth-order valence-corrected chi connectivity index (χ4v) is 2.68. The first kappa shape index (κ1) is 11.2. The summed E-state index contributed by atoms with van der Waals surface area (Å²) in [6, 6.07) is -0.0830. The van der Waals surface area contributed by atoms with Crippen LogP contribution in [-0.2, 0) is 0 Å². The van der Waals surface area contributed by atoms with Crippen molar-refractivity contribution in [2.45, 2.75) is 57.4 Å². The number of nitrogens with two attached hydrogens (primary N) is 1. The molecule has 2 saturated carbocycles. The average Bonchev–Trinajstić information content (AvgIpc) is 3.21. The Morgan fingerprint density at radius 2 is 1.94 bits per heavy atom. The molecule has 1 heterocycles. The monoisotopic (exact) mass is 235 g/mol. The van der Waals surface area contributed by atoms with Crippen molar-refractivity contribution in [2.75, 3.05) is 0 Å². The van der Waals surface area contributed by atoms with E-state index in [1.54, 1.807) is 0 Å². The maximum absolute atomic E-state index is 6.01. The molecule has 0 spiro atoms. The number of hydrogen-bond donors (Lipinski definition) is 1. The average molecular weight is 235 g/mol. The van der Waals surface area contributed by atoms with Crippen molar-refractivity contribution in [3.8, 4) is 0 Å². The van der Waals surface area contributed by atoms with Gasteiger partial charge >= 0.3 is 0 Å². The van der Waals surface area contributed by atoms with Gasteiger partial charge < -0.3 is 10.3 Å². The maximum atomic E-state index is 6.01. The first-order valence-electron chi connectivity index (χ1n) is 6.88. The SMILES string of the molecule is CCC[C@H](N)c1nc(C(C2CC2)C2CC2)no1. The van der Waals surface area contributed by atoms with Crippen LogP contribution in [0.1, 0.15) is 69.1 Å². The predicted octanol–water partition coefficient (Wildman–Crippen LogP) is 2.77. The summed E-state index contributed by atoms with van der Waals surface area (Å²) in [7, 11) is 0. The molecule has 0 saturated heterocycles. The molecule has 4 nitrogen and oxygen atoms in total. The molecule has 94 valence electrons.